The number of sulfone groups is 1. The number of aliphatic hydroxyl groups is 2. The fourth-order valence-corrected chi connectivity index (χ4v) is 6.11. The summed E-state index contributed by atoms with van der Waals surface area (Å²) < 4.78 is 95.9. The van der Waals surface area contributed by atoms with Crippen molar-refractivity contribution < 1.29 is 50.1 Å². The van der Waals surface area contributed by atoms with Gasteiger partial charge in [0.1, 0.15) is 21.2 Å². The van der Waals surface area contributed by atoms with Gasteiger partial charge in [0.15, 0.2) is 5.69 Å². The molecule has 0 saturated heterocycles. The van der Waals surface area contributed by atoms with Gasteiger partial charge >= 0.3 is 12.8 Å². The molecule has 0 spiro atoms. The zero-order chi connectivity index (χ0) is 31.1. The highest BCUT2D eigenvalue weighted by molar-refractivity contribution is 7.91. The minimum atomic E-state index is -4.56. The topological polar surface area (TPSA) is 131 Å². The van der Waals surface area contributed by atoms with E-state index in [0.29, 0.717) is 0 Å². The van der Waals surface area contributed by atoms with Crippen LogP contribution in [0.2, 0.25) is 5.02 Å². The van der Waals surface area contributed by atoms with E-state index < -0.39 is 69.6 Å². The van der Waals surface area contributed by atoms with Crippen LogP contribution in [0.25, 0.3) is 11.3 Å². The number of carbonyl (C=O) groups is 1. The normalized spacial score (nSPS) is 22.2. The summed E-state index contributed by atoms with van der Waals surface area (Å²) in [6.07, 6.45) is -5.75. The molecule has 1 fully saturated rings. The van der Waals surface area contributed by atoms with Gasteiger partial charge in [0.25, 0.3) is 5.91 Å². The molecule has 230 valence electrons. The van der Waals surface area contributed by atoms with Crippen LogP contribution < -0.4 is 10.1 Å². The lowest BCUT2D eigenvalue weighted by Gasteiger charge is -2.39. The number of benzene rings is 1. The van der Waals surface area contributed by atoms with Crippen LogP contribution in [0, 0.1) is 5.41 Å². The number of aromatic nitrogens is 2. The molecule has 3 rings (SSSR count). The number of ether oxygens (including phenoxy) is 1. The Bertz CT molecular complexity index is 1400. The third-order valence-corrected chi connectivity index (χ3v) is 9.30. The van der Waals surface area contributed by atoms with Crippen LogP contribution in [0.4, 0.5) is 22.0 Å². The van der Waals surface area contributed by atoms with Crippen LogP contribution in [0.15, 0.2) is 18.2 Å². The van der Waals surface area contributed by atoms with Crippen molar-refractivity contribution in [3.63, 3.8) is 0 Å². The Balaban J connectivity index is 1.87. The molecule has 9 nitrogen and oxygen atoms in total. The van der Waals surface area contributed by atoms with E-state index in [1.807, 2.05) is 0 Å². The summed E-state index contributed by atoms with van der Waals surface area (Å²) in [4.78, 5) is 12.9. The third kappa shape index (κ3) is 7.30. The minimum Gasteiger partial charge on any atom is -0.434 e. The molecule has 41 heavy (non-hydrogen) atoms. The Hall–Kier alpha value is -2.49. The van der Waals surface area contributed by atoms with Crippen molar-refractivity contribution in [2.45, 2.75) is 69.3 Å². The van der Waals surface area contributed by atoms with Crippen molar-refractivity contribution in [3.05, 3.63) is 34.5 Å². The fourth-order valence-electron chi connectivity index (χ4n) is 4.69. The molecule has 2 aromatic rings. The van der Waals surface area contributed by atoms with E-state index in [9.17, 15) is 45.4 Å². The van der Waals surface area contributed by atoms with Gasteiger partial charge in [-0.15, -0.1) is 0 Å². The van der Waals surface area contributed by atoms with E-state index in [4.69, 9.17) is 11.6 Å². The van der Waals surface area contributed by atoms with Gasteiger partial charge in [0.2, 0.25) is 0 Å². The summed E-state index contributed by atoms with van der Waals surface area (Å²) in [6.45, 7) is -1.83. The molecule has 1 aliphatic carbocycles. The average Bonchev–Trinajstić information content (AvgIpc) is 3.11. The number of nitrogens with zero attached hydrogens (tertiary/aromatic N) is 2. The molecule has 3 N–H and O–H groups in total. The van der Waals surface area contributed by atoms with Crippen molar-refractivity contribution in [1.29, 1.82) is 0 Å². The highest BCUT2D eigenvalue weighted by atomic mass is 35.5. The maximum Gasteiger partial charge on any atom is 0.394 e. The fraction of sp³-hybridized carbons (Fsp3) is 0.600. The molecule has 0 bridgehead atoms. The number of rotatable bonds is 9. The van der Waals surface area contributed by atoms with Crippen LogP contribution in [-0.4, -0.2) is 76.9 Å². The Labute approximate surface area is 238 Å². The molecule has 1 saturated carbocycles. The number of hydrogen-bond acceptors (Lipinski definition) is 7. The number of aliphatic hydroxyl groups excluding tert-OH is 1. The van der Waals surface area contributed by atoms with Gasteiger partial charge in [-0.05, 0) is 43.4 Å². The van der Waals surface area contributed by atoms with E-state index in [1.165, 1.54) is 19.2 Å². The van der Waals surface area contributed by atoms with Crippen LogP contribution in [0.3, 0.4) is 0 Å². The maximum atomic E-state index is 13.4. The van der Waals surface area contributed by atoms with Crippen molar-refractivity contribution in [2.24, 2.45) is 12.5 Å². The number of amides is 1. The minimum absolute atomic E-state index is 0.0403. The number of carbonyl (C=O) groups excluding carboxylic acids is 1. The van der Waals surface area contributed by atoms with Gasteiger partial charge in [-0.1, -0.05) is 31.5 Å². The van der Waals surface area contributed by atoms with Gasteiger partial charge in [0, 0.05) is 25.4 Å². The van der Waals surface area contributed by atoms with Crippen molar-refractivity contribution in [3.8, 4) is 17.0 Å². The Morgan fingerprint density at radius 1 is 1.32 bits per heavy atom. The molecule has 3 unspecified atom stereocenters. The molecule has 16 heteroatoms. The molecule has 1 aromatic carbocycles. The molecule has 1 aliphatic rings. The Kier molecular flexibility index (Phi) is 9.38. The lowest BCUT2D eigenvalue weighted by atomic mass is 9.82. The standard InChI is InChI=1S/C25H31ClF5N3O6S/c1-23(2,25(29,30)31)11-13-5-6-15(16(9-13)40-22(27)28)20-18(26)19(33-34(20)3)21(36)32-12-24(37)8-7-14(10-17(24)35)41(4,38)39/h5-6,9,14,17,22,35,37H,7-8,10-12H2,1-4H3,(H,32,36). The van der Waals surface area contributed by atoms with Gasteiger partial charge < -0.3 is 20.3 Å². The van der Waals surface area contributed by atoms with E-state index in [1.54, 1.807) is 0 Å². The number of hydrogen-bond donors (Lipinski definition) is 3. The van der Waals surface area contributed by atoms with Gasteiger partial charge in [-0.25, -0.2) is 8.42 Å². The van der Waals surface area contributed by atoms with Crippen molar-refractivity contribution >= 4 is 27.3 Å². The largest absolute Gasteiger partial charge is 0.434 e. The van der Waals surface area contributed by atoms with Crippen molar-refractivity contribution in [2.75, 3.05) is 12.8 Å². The predicted molar refractivity (Wildman–Crippen MR) is 140 cm³/mol. The summed E-state index contributed by atoms with van der Waals surface area (Å²) in [5.41, 5.74) is -4.38. The third-order valence-electron chi connectivity index (χ3n) is 7.30. The lowest BCUT2D eigenvalue weighted by Crippen LogP contribution is -2.56. The predicted octanol–water partition coefficient (Wildman–Crippen LogP) is 3.89. The number of aryl methyl sites for hydroxylation is 1. The lowest BCUT2D eigenvalue weighted by molar-refractivity contribution is -0.211. The van der Waals surface area contributed by atoms with Crippen LogP contribution in [-0.2, 0) is 23.3 Å². The average molecular weight is 632 g/mol. The summed E-state index contributed by atoms with van der Waals surface area (Å²) in [5.74, 6) is -1.37. The highest BCUT2D eigenvalue weighted by Gasteiger charge is 2.47. The summed E-state index contributed by atoms with van der Waals surface area (Å²) in [7, 11) is -2.09. The first-order valence-electron chi connectivity index (χ1n) is 12.4. The summed E-state index contributed by atoms with van der Waals surface area (Å²) >= 11 is 6.41. The second-order valence-corrected chi connectivity index (χ2v) is 13.6. The quantitative estimate of drug-likeness (QED) is 0.358. The Morgan fingerprint density at radius 3 is 2.49 bits per heavy atom. The zero-order valence-corrected chi connectivity index (χ0v) is 24.2. The SMILES string of the molecule is Cn1nc(C(=O)NCC2(O)CCC(S(C)(=O)=O)CC2O)c(Cl)c1-c1ccc(CC(C)(C)C(F)(F)F)cc1OC(F)F. The van der Waals surface area contributed by atoms with Gasteiger partial charge in [-0.2, -0.15) is 27.1 Å². The number of alkyl halides is 5. The molecule has 1 amide bonds. The van der Waals surface area contributed by atoms with Gasteiger partial charge in [-0.3, -0.25) is 9.48 Å². The number of nitrogens with one attached hydrogen (secondary N) is 1. The first-order chi connectivity index (χ1) is 18.7. The van der Waals surface area contributed by atoms with Crippen LogP contribution in [0.5, 0.6) is 5.75 Å². The maximum absolute atomic E-state index is 13.4. The first kappa shape index (κ1) is 33.0. The van der Waals surface area contributed by atoms with E-state index in [2.05, 4.69) is 15.2 Å². The second kappa shape index (κ2) is 11.7. The first-order valence-corrected chi connectivity index (χ1v) is 14.7. The zero-order valence-electron chi connectivity index (χ0n) is 22.6. The van der Waals surface area contributed by atoms with Gasteiger partial charge in [0.05, 0.1) is 27.5 Å². The van der Waals surface area contributed by atoms with E-state index >= 15 is 0 Å². The molecular formula is C25H31ClF5N3O6S. The summed E-state index contributed by atoms with van der Waals surface area (Å²) in [6, 6.07) is 3.58. The van der Waals surface area contributed by atoms with Crippen LogP contribution in [0.1, 0.15) is 49.2 Å². The molecule has 1 aromatic heterocycles. The van der Waals surface area contributed by atoms with E-state index in [0.717, 1.165) is 30.9 Å². The van der Waals surface area contributed by atoms with Crippen molar-refractivity contribution in [1.82, 2.24) is 15.1 Å². The molecule has 3 atom stereocenters. The van der Waals surface area contributed by atoms with Crippen LogP contribution >= 0.6 is 11.6 Å². The highest BCUT2D eigenvalue weighted by Crippen LogP contribution is 2.43. The second-order valence-electron chi connectivity index (χ2n) is 10.9. The monoisotopic (exact) mass is 631 g/mol. The number of halogens is 6. The molecule has 1 heterocycles. The summed E-state index contributed by atoms with van der Waals surface area (Å²) in [5, 5.41) is 26.5. The van der Waals surface area contributed by atoms with E-state index in [-0.39, 0.29) is 46.8 Å². The molecule has 0 aliphatic heterocycles. The Morgan fingerprint density at radius 2 is 1.95 bits per heavy atom. The molecule has 0 radical (unpaired) electrons. The smallest absolute Gasteiger partial charge is 0.394 e. The molecular weight excluding hydrogens is 601 g/mol.